The fourth-order valence-electron chi connectivity index (χ4n) is 4.47. The lowest BCUT2D eigenvalue weighted by Crippen LogP contribution is -2.42. The molecule has 3 aromatic rings. The third-order valence-corrected chi connectivity index (χ3v) is 7.39. The Labute approximate surface area is 187 Å². The van der Waals surface area contributed by atoms with Crippen molar-refractivity contribution >= 4 is 39.7 Å². The fraction of sp³-hybridized carbons (Fsp3) is 0.458. The van der Waals surface area contributed by atoms with Crippen molar-refractivity contribution in [3.8, 4) is 0 Å². The molecule has 30 heavy (non-hydrogen) atoms. The second-order valence-electron chi connectivity index (χ2n) is 8.72. The van der Waals surface area contributed by atoms with Crippen molar-refractivity contribution in [3.05, 3.63) is 57.4 Å². The first-order chi connectivity index (χ1) is 14.4. The number of carbonyl (C=O) groups is 1. The summed E-state index contributed by atoms with van der Waals surface area (Å²) >= 11 is 7.95. The summed E-state index contributed by atoms with van der Waals surface area (Å²) < 4.78 is 2.16. The van der Waals surface area contributed by atoms with Gasteiger partial charge in [0.05, 0.1) is 6.04 Å². The maximum Gasteiger partial charge on any atom is 0.223 e. The number of nitrogens with zero attached hydrogens (tertiary/aromatic N) is 2. The summed E-state index contributed by atoms with van der Waals surface area (Å²) in [4.78, 5) is 16.6. The van der Waals surface area contributed by atoms with Gasteiger partial charge in [0.1, 0.15) is 0 Å². The summed E-state index contributed by atoms with van der Waals surface area (Å²) in [6, 6.07) is 10.4. The highest BCUT2D eigenvalue weighted by Gasteiger charge is 2.28. The molecule has 1 aromatic carbocycles. The smallest absolute Gasteiger partial charge is 0.223 e. The van der Waals surface area contributed by atoms with E-state index >= 15 is 0 Å². The second kappa shape index (κ2) is 9.13. The van der Waals surface area contributed by atoms with E-state index in [1.165, 1.54) is 21.3 Å². The maximum atomic E-state index is 12.9. The molecule has 1 aliphatic heterocycles. The van der Waals surface area contributed by atoms with Crippen LogP contribution in [0.25, 0.3) is 10.9 Å². The standard InChI is InChI=1S/C24H30ClN3OS/c1-16(2)23(22-5-4-12-30-22)26-24(29)17-8-10-28(11-9-17)15-18-14-27(3)21-7-6-19(25)13-20(18)21/h4-7,12-14,16-17,23H,8-11,15H2,1-3H3,(H,26,29). The van der Waals surface area contributed by atoms with E-state index in [-0.39, 0.29) is 17.9 Å². The number of hydrogen-bond acceptors (Lipinski definition) is 3. The van der Waals surface area contributed by atoms with Crippen LogP contribution < -0.4 is 5.32 Å². The molecule has 0 saturated carbocycles. The Morgan fingerprint density at radius 2 is 2.03 bits per heavy atom. The summed E-state index contributed by atoms with van der Waals surface area (Å²) in [5.74, 6) is 0.689. The van der Waals surface area contributed by atoms with Crippen LogP contribution in [0.5, 0.6) is 0 Å². The van der Waals surface area contributed by atoms with Gasteiger partial charge in [-0.25, -0.2) is 0 Å². The zero-order chi connectivity index (χ0) is 21.3. The van der Waals surface area contributed by atoms with Crippen molar-refractivity contribution in [2.45, 2.75) is 39.3 Å². The van der Waals surface area contributed by atoms with Crippen molar-refractivity contribution in [2.24, 2.45) is 18.9 Å². The first kappa shape index (κ1) is 21.4. The first-order valence-corrected chi connectivity index (χ1v) is 12.0. The van der Waals surface area contributed by atoms with Crippen molar-refractivity contribution < 1.29 is 4.79 Å². The number of benzene rings is 1. The van der Waals surface area contributed by atoms with Gasteiger partial charge in [0.15, 0.2) is 0 Å². The van der Waals surface area contributed by atoms with Gasteiger partial charge in [-0.15, -0.1) is 11.3 Å². The van der Waals surface area contributed by atoms with Crippen LogP contribution in [0, 0.1) is 11.8 Å². The minimum atomic E-state index is 0.101. The van der Waals surface area contributed by atoms with Crippen molar-refractivity contribution in [3.63, 3.8) is 0 Å². The molecule has 1 unspecified atom stereocenters. The average Bonchev–Trinajstić information content (AvgIpc) is 3.35. The Morgan fingerprint density at radius 1 is 1.27 bits per heavy atom. The minimum Gasteiger partial charge on any atom is -0.350 e. The molecule has 1 N–H and O–H groups in total. The SMILES string of the molecule is CC(C)C(NC(=O)C1CCN(Cc2cn(C)c3ccc(Cl)cc23)CC1)c1cccs1. The molecule has 4 rings (SSSR count). The highest BCUT2D eigenvalue weighted by molar-refractivity contribution is 7.10. The third-order valence-electron chi connectivity index (χ3n) is 6.20. The van der Waals surface area contributed by atoms with Gasteiger partial charge < -0.3 is 9.88 Å². The van der Waals surface area contributed by atoms with Crippen LogP contribution >= 0.6 is 22.9 Å². The number of likely N-dealkylation sites (tertiary alicyclic amines) is 1. The number of hydrogen-bond donors (Lipinski definition) is 1. The molecule has 0 aliphatic carbocycles. The molecule has 1 atom stereocenters. The topological polar surface area (TPSA) is 37.3 Å². The van der Waals surface area contributed by atoms with E-state index in [1.807, 2.05) is 6.07 Å². The number of nitrogens with one attached hydrogen (secondary N) is 1. The van der Waals surface area contributed by atoms with Gasteiger partial charge in [-0.3, -0.25) is 9.69 Å². The van der Waals surface area contributed by atoms with Gasteiger partial charge >= 0.3 is 0 Å². The van der Waals surface area contributed by atoms with Crippen LogP contribution in [0.2, 0.25) is 5.02 Å². The molecular formula is C24H30ClN3OS. The number of carbonyl (C=O) groups excluding carboxylic acids is 1. The summed E-state index contributed by atoms with van der Waals surface area (Å²) in [5.41, 5.74) is 2.51. The summed E-state index contributed by atoms with van der Waals surface area (Å²) in [5, 5.41) is 7.40. The lowest BCUT2D eigenvalue weighted by atomic mass is 9.94. The highest BCUT2D eigenvalue weighted by Crippen LogP contribution is 2.29. The highest BCUT2D eigenvalue weighted by atomic mass is 35.5. The molecular weight excluding hydrogens is 414 g/mol. The Bertz CT molecular complexity index is 1000. The van der Waals surface area contributed by atoms with E-state index in [0.29, 0.717) is 5.92 Å². The predicted octanol–water partition coefficient (Wildman–Crippen LogP) is 5.62. The molecule has 160 valence electrons. The van der Waals surface area contributed by atoms with Crippen molar-refractivity contribution in [1.82, 2.24) is 14.8 Å². The lowest BCUT2D eigenvalue weighted by molar-refractivity contribution is -0.127. The molecule has 3 heterocycles. The molecule has 0 spiro atoms. The van der Waals surface area contributed by atoms with Gasteiger partial charge in [-0.05, 0) is 67.1 Å². The largest absolute Gasteiger partial charge is 0.350 e. The molecule has 1 amide bonds. The molecule has 1 fully saturated rings. The van der Waals surface area contributed by atoms with E-state index in [9.17, 15) is 4.79 Å². The van der Waals surface area contributed by atoms with Gasteiger partial charge in [0.2, 0.25) is 5.91 Å². The molecule has 0 bridgehead atoms. The average molecular weight is 444 g/mol. The number of aromatic nitrogens is 1. The van der Waals surface area contributed by atoms with Gasteiger partial charge in [-0.2, -0.15) is 0 Å². The Kier molecular flexibility index (Phi) is 6.51. The third kappa shape index (κ3) is 4.58. The number of aryl methyl sites for hydroxylation is 1. The quantitative estimate of drug-likeness (QED) is 0.536. The van der Waals surface area contributed by atoms with Crippen LogP contribution in [0.3, 0.4) is 0 Å². The number of fused-ring (bicyclic) bond motifs is 1. The summed E-state index contributed by atoms with van der Waals surface area (Å²) in [7, 11) is 2.08. The predicted molar refractivity (Wildman–Crippen MR) is 126 cm³/mol. The van der Waals surface area contributed by atoms with E-state index in [2.05, 4.69) is 71.5 Å². The summed E-state index contributed by atoms with van der Waals surface area (Å²) in [6.45, 7) is 7.13. The van der Waals surface area contributed by atoms with Crippen molar-refractivity contribution in [2.75, 3.05) is 13.1 Å². The van der Waals surface area contributed by atoms with Crippen LogP contribution in [-0.2, 0) is 18.4 Å². The number of piperidine rings is 1. The Hall–Kier alpha value is -1.82. The van der Waals surface area contributed by atoms with Gasteiger partial charge in [0.25, 0.3) is 0 Å². The van der Waals surface area contributed by atoms with Crippen LogP contribution in [-0.4, -0.2) is 28.5 Å². The monoisotopic (exact) mass is 443 g/mol. The van der Waals surface area contributed by atoms with Crippen LogP contribution in [0.4, 0.5) is 0 Å². The van der Waals surface area contributed by atoms with E-state index in [1.54, 1.807) is 11.3 Å². The Balaban J connectivity index is 1.36. The van der Waals surface area contributed by atoms with E-state index in [0.717, 1.165) is 37.5 Å². The molecule has 1 saturated heterocycles. The molecule has 4 nitrogen and oxygen atoms in total. The first-order valence-electron chi connectivity index (χ1n) is 10.7. The van der Waals surface area contributed by atoms with Crippen LogP contribution in [0.1, 0.15) is 43.2 Å². The number of thiophene rings is 1. The number of rotatable bonds is 6. The molecule has 1 aliphatic rings. The fourth-order valence-corrected chi connectivity index (χ4v) is 5.59. The second-order valence-corrected chi connectivity index (χ2v) is 10.1. The zero-order valence-corrected chi connectivity index (χ0v) is 19.5. The van der Waals surface area contributed by atoms with Gasteiger partial charge in [-0.1, -0.05) is 31.5 Å². The van der Waals surface area contributed by atoms with E-state index in [4.69, 9.17) is 11.6 Å². The summed E-state index contributed by atoms with van der Waals surface area (Å²) in [6.07, 6.45) is 4.02. The number of amides is 1. The molecule has 2 aromatic heterocycles. The van der Waals surface area contributed by atoms with Gasteiger partial charge in [0, 0.05) is 46.5 Å². The van der Waals surface area contributed by atoms with E-state index < -0.39 is 0 Å². The van der Waals surface area contributed by atoms with Crippen molar-refractivity contribution in [1.29, 1.82) is 0 Å². The minimum absolute atomic E-state index is 0.101. The molecule has 6 heteroatoms. The maximum absolute atomic E-state index is 12.9. The Morgan fingerprint density at radius 3 is 2.70 bits per heavy atom. The molecule has 0 radical (unpaired) electrons. The zero-order valence-electron chi connectivity index (χ0n) is 17.9. The number of halogens is 1. The normalized spacial score (nSPS) is 17.0. The van der Waals surface area contributed by atoms with Crippen LogP contribution in [0.15, 0.2) is 41.9 Å². The lowest BCUT2D eigenvalue weighted by Gasteiger charge is -2.32.